The molecule has 0 saturated carbocycles. The van der Waals surface area contributed by atoms with Crippen LogP contribution in [-0.2, 0) is 6.54 Å². The van der Waals surface area contributed by atoms with Crippen molar-refractivity contribution in [3.05, 3.63) is 69.9 Å². The Hall–Kier alpha value is -2.50. The molecule has 0 atom stereocenters. The second kappa shape index (κ2) is 4.56. The molecule has 6 nitrogen and oxygen atoms in total. The highest BCUT2D eigenvalue weighted by molar-refractivity contribution is 5.26. The number of rotatable bonds is 3. The Balaban J connectivity index is 2.32. The van der Waals surface area contributed by atoms with Gasteiger partial charge in [0.1, 0.15) is 0 Å². The van der Waals surface area contributed by atoms with Crippen LogP contribution in [0.2, 0.25) is 0 Å². The number of aromatic nitrogens is 2. The van der Waals surface area contributed by atoms with Crippen LogP contribution in [0.3, 0.4) is 0 Å². The molecule has 2 rings (SSSR count). The molecular weight excluding hydrogens is 222 g/mol. The zero-order chi connectivity index (χ0) is 12.3. The highest BCUT2D eigenvalue weighted by atomic mass is 16.6. The lowest BCUT2D eigenvalue weighted by atomic mass is 10.3. The molecule has 0 aromatic carbocycles. The maximum absolute atomic E-state index is 11.5. The quantitative estimate of drug-likeness (QED) is 0.336. The van der Waals surface area contributed by atoms with Crippen molar-refractivity contribution in [2.24, 2.45) is 0 Å². The van der Waals surface area contributed by atoms with Gasteiger partial charge in [0.05, 0.1) is 17.1 Å². The molecule has 0 radical (unpaired) electrons. The summed E-state index contributed by atoms with van der Waals surface area (Å²) >= 11 is 0. The molecule has 2 aromatic rings. The third-order valence-electron chi connectivity index (χ3n) is 2.31. The van der Waals surface area contributed by atoms with Crippen LogP contribution < -0.4 is 9.30 Å². The molecule has 0 unspecified atom stereocenters. The third-order valence-corrected chi connectivity index (χ3v) is 2.31. The van der Waals surface area contributed by atoms with Crippen LogP contribution in [0, 0.1) is 15.3 Å². The number of nitrogens with zero attached hydrogens (tertiary/aromatic N) is 3. The number of pyridine rings is 2. The lowest BCUT2D eigenvalue weighted by Crippen LogP contribution is -2.41. The molecule has 0 aliphatic heterocycles. The lowest BCUT2D eigenvalue weighted by molar-refractivity contribution is -0.718. The Morgan fingerprint density at radius 2 is 1.88 bits per heavy atom. The first-order chi connectivity index (χ1) is 8.16. The Labute approximate surface area is 97.1 Å². The van der Waals surface area contributed by atoms with Gasteiger partial charge in [0.25, 0.3) is 11.4 Å². The van der Waals surface area contributed by atoms with Gasteiger partial charge in [0.2, 0.25) is 6.54 Å². The van der Waals surface area contributed by atoms with Gasteiger partial charge in [-0.2, -0.15) is 9.30 Å². The summed E-state index contributed by atoms with van der Waals surface area (Å²) in [6.07, 6.45) is 4.73. The van der Waals surface area contributed by atoms with Crippen LogP contribution >= 0.6 is 0 Å². The Morgan fingerprint density at radius 1 is 1.18 bits per heavy atom. The normalized spacial score (nSPS) is 10.1. The summed E-state index contributed by atoms with van der Waals surface area (Å²) < 4.78 is 2.40. The average Bonchev–Trinajstić information content (AvgIpc) is 2.33. The first kappa shape index (κ1) is 11.0. The summed E-state index contributed by atoms with van der Waals surface area (Å²) in [6.45, 7) is 0.298. The smallest absolute Gasteiger partial charge is 0.282 e. The van der Waals surface area contributed by atoms with Gasteiger partial charge in [-0.3, -0.25) is 10.1 Å². The summed E-state index contributed by atoms with van der Waals surface area (Å²) in [5.74, 6) is 0. The van der Waals surface area contributed by atoms with Crippen molar-refractivity contribution in [3.8, 4) is 0 Å². The average molecular weight is 232 g/mol. The van der Waals surface area contributed by atoms with E-state index in [2.05, 4.69) is 0 Å². The molecule has 2 aromatic heterocycles. The fraction of sp³-hybridized carbons (Fsp3) is 0.0909. The topological polar surface area (TPSA) is 74.0 Å². The summed E-state index contributed by atoms with van der Waals surface area (Å²) in [4.78, 5) is 10.1. The van der Waals surface area contributed by atoms with E-state index in [4.69, 9.17) is 0 Å². The van der Waals surface area contributed by atoms with Gasteiger partial charge in [0.15, 0.2) is 18.6 Å². The van der Waals surface area contributed by atoms with Crippen molar-refractivity contribution < 1.29 is 14.2 Å². The highest BCUT2D eigenvalue weighted by Crippen LogP contribution is 2.09. The molecule has 0 amide bonds. The van der Waals surface area contributed by atoms with Gasteiger partial charge < -0.3 is 5.21 Å². The molecule has 0 fully saturated rings. The van der Waals surface area contributed by atoms with Crippen molar-refractivity contribution in [3.63, 3.8) is 0 Å². The molecule has 17 heavy (non-hydrogen) atoms. The standard InChI is InChI=1S/C11H10N3O3/c15-13-7-4-10(14(16)17)8-11(13)9-12-5-2-1-3-6-12/h1-8H,9H2/q+1. The van der Waals surface area contributed by atoms with E-state index < -0.39 is 4.92 Å². The summed E-state index contributed by atoms with van der Waals surface area (Å²) in [6, 6.07) is 7.98. The molecular formula is C11H10N3O3+. The van der Waals surface area contributed by atoms with Crippen molar-refractivity contribution in [2.75, 3.05) is 0 Å². The Morgan fingerprint density at radius 3 is 2.53 bits per heavy atom. The fourth-order valence-electron chi connectivity index (χ4n) is 1.48. The minimum Gasteiger partial charge on any atom is -0.618 e. The van der Waals surface area contributed by atoms with Gasteiger partial charge in [-0.05, 0) is 0 Å². The van der Waals surface area contributed by atoms with Crippen molar-refractivity contribution in [1.29, 1.82) is 0 Å². The molecule has 0 bridgehead atoms. The van der Waals surface area contributed by atoms with Gasteiger partial charge in [-0.15, -0.1) is 0 Å². The molecule has 0 spiro atoms. The maximum Gasteiger partial charge on any atom is 0.282 e. The third kappa shape index (κ3) is 2.54. The van der Waals surface area contributed by atoms with Gasteiger partial charge in [-0.25, -0.2) is 0 Å². The van der Waals surface area contributed by atoms with Crippen LogP contribution in [-0.4, -0.2) is 4.92 Å². The monoisotopic (exact) mass is 232 g/mol. The fourth-order valence-corrected chi connectivity index (χ4v) is 1.48. The maximum atomic E-state index is 11.5. The Kier molecular flexibility index (Phi) is 2.95. The van der Waals surface area contributed by atoms with E-state index in [9.17, 15) is 15.3 Å². The molecule has 2 heterocycles. The predicted octanol–water partition coefficient (Wildman–Crippen LogP) is 0.564. The van der Waals surface area contributed by atoms with E-state index in [1.165, 1.54) is 12.1 Å². The van der Waals surface area contributed by atoms with Gasteiger partial charge in [-0.1, -0.05) is 6.07 Å². The minimum absolute atomic E-state index is 0.0800. The SMILES string of the molecule is O=[N+]([O-])c1cc[n+]([O-])c(C[n+]2ccccc2)c1. The first-order valence-corrected chi connectivity index (χ1v) is 4.97. The van der Waals surface area contributed by atoms with E-state index in [1.807, 2.05) is 18.2 Å². The van der Waals surface area contributed by atoms with Crippen molar-refractivity contribution in [2.45, 2.75) is 6.54 Å². The second-order valence-corrected chi connectivity index (χ2v) is 3.51. The van der Waals surface area contributed by atoms with Crippen LogP contribution in [0.15, 0.2) is 48.9 Å². The molecule has 0 aliphatic carbocycles. The number of hydrogen-bond donors (Lipinski definition) is 0. The van der Waals surface area contributed by atoms with Crippen LogP contribution in [0.5, 0.6) is 0 Å². The zero-order valence-corrected chi connectivity index (χ0v) is 8.89. The van der Waals surface area contributed by atoms with E-state index in [0.29, 0.717) is 17.0 Å². The van der Waals surface area contributed by atoms with E-state index in [0.717, 1.165) is 6.20 Å². The minimum atomic E-state index is -0.515. The second-order valence-electron chi connectivity index (χ2n) is 3.51. The lowest BCUT2D eigenvalue weighted by Gasteiger charge is -2.01. The Bertz CT molecular complexity index is 543. The van der Waals surface area contributed by atoms with Crippen LogP contribution in [0.25, 0.3) is 0 Å². The predicted molar refractivity (Wildman–Crippen MR) is 57.8 cm³/mol. The molecule has 6 heteroatoms. The number of nitro groups is 1. The molecule has 0 saturated heterocycles. The van der Waals surface area contributed by atoms with Gasteiger partial charge in [0, 0.05) is 12.1 Å². The van der Waals surface area contributed by atoms with Gasteiger partial charge >= 0.3 is 0 Å². The number of hydrogen-bond acceptors (Lipinski definition) is 3. The summed E-state index contributed by atoms with van der Waals surface area (Å²) in [5.41, 5.74) is 0.249. The molecule has 0 N–H and O–H groups in total. The summed E-state index contributed by atoms with van der Waals surface area (Å²) in [7, 11) is 0. The van der Waals surface area contributed by atoms with Crippen molar-refractivity contribution >= 4 is 5.69 Å². The first-order valence-electron chi connectivity index (χ1n) is 4.97. The molecule has 86 valence electrons. The van der Waals surface area contributed by atoms with E-state index >= 15 is 0 Å². The highest BCUT2D eigenvalue weighted by Gasteiger charge is 2.17. The van der Waals surface area contributed by atoms with E-state index in [-0.39, 0.29) is 5.69 Å². The van der Waals surface area contributed by atoms with Crippen molar-refractivity contribution in [1.82, 2.24) is 0 Å². The largest absolute Gasteiger partial charge is 0.618 e. The van der Waals surface area contributed by atoms with Crippen LogP contribution in [0.4, 0.5) is 5.69 Å². The summed E-state index contributed by atoms with van der Waals surface area (Å²) in [5, 5.41) is 22.1. The molecule has 0 aliphatic rings. The van der Waals surface area contributed by atoms with Crippen LogP contribution in [0.1, 0.15) is 5.69 Å². The zero-order valence-electron chi connectivity index (χ0n) is 8.89. The van der Waals surface area contributed by atoms with E-state index in [1.54, 1.807) is 17.0 Å².